The molecule has 0 atom stereocenters. The lowest BCUT2D eigenvalue weighted by Crippen LogP contribution is -2.25. The number of aromatic nitrogens is 2. The van der Waals surface area contributed by atoms with Gasteiger partial charge in [-0.2, -0.15) is 0 Å². The monoisotopic (exact) mass is 387 g/mol. The lowest BCUT2D eigenvalue weighted by Gasteiger charge is -2.07. The van der Waals surface area contributed by atoms with Crippen LogP contribution in [-0.2, 0) is 22.9 Å². The van der Waals surface area contributed by atoms with Gasteiger partial charge in [0.2, 0.25) is 10.0 Å². The van der Waals surface area contributed by atoms with Gasteiger partial charge in [0.1, 0.15) is 5.01 Å². The van der Waals surface area contributed by atoms with Crippen molar-refractivity contribution in [2.45, 2.75) is 31.6 Å². The zero-order chi connectivity index (χ0) is 18.6. The van der Waals surface area contributed by atoms with Crippen molar-refractivity contribution >= 4 is 21.4 Å². The van der Waals surface area contributed by atoms with Gasteiger partial charge in [-0.25, -0.2) is 18.1 Å². The fourth-order valence-electron chi connectivity index (χ4n) is 2.56. The van der Waals surface area contributed by atoms with E-state index in [0.717, 1.165) is 33.1 Å². The maximum Gasteiger partial charge on any atom is 0.240 e. The molecule has 0 radical (unpaired) electrons. The highest BCUT2D eigenvalue weighted by molar-refractivity contribution is 7.89. The number of benzene rings is 1. The van der Waals surface area contributed by atoms with Gasteiger partial charge in [-0.15, -0.1) is 11.3 Å². The van der Waals surface area contributed by atoms with Crippen molar-refractivity contribution in [3.05, 3.63) is 64.9 Å². The summed E-state index contributed by atoms with van der Waals surface area (Å²) in [7, 11) is -3.49. The molecular formula is C19H21N3O2S2. The summed E-state index contributed by atoms with van der Waals surface area (Å²) in [5.74, 6) is 0. The first-order chi connectivity index (χ1) is 12.5. The van der Waals surface area contributed by atoms with Crippen molar-refractivity contribution in [3.8, 4) is 10.6 Å². The molecule has 0 saturated carbocycles. The maximum absolute atomic E-state index is 12.4. The van der Waals surface area contributed by atoms with E-state index in [0.29, 0.717) is 17.9 Å². The third kappa shape index (κ3) is 4.35. The fourth-order valence-corrected chi connectivity index (χ4v) is 4.66. The Balaban J connectivity index is 1.65. The van der Waals surface area contributed by atoms with Gasteiger partial charge in [0, 0.05) is 29.4 Å². The first-order valence-electron chi connectivity index (χ1n) is 8.45. The van der Waals surface area contributed by atoms with Gasteiger partial charge in [-0.1, -0.05) is 19.1 Å². The average molecular weight is 388 g/mol. The standard InChI is InChI=1S/C19H21N3O2S2/c1-3-15-4-6-17(7-5-15)26(23,24)21-13-10-18-14(2)22-19(25-18)16-8-11-20-12-9-16/h4-9,11-12,21H,3,10,13H2,1-2H3. The average Bonchev–Trinajstić information content (AvgIpc) is 3.03. The second-order valence-electron chi connectivity index (χ2n) is 5.91. The maximum atomic E-state index is 12.4. The number of pyridine rings is 1. The van der Waals surface area contributed by atoms with Crippen LogP contribution >= 0.6 is 11.3 Å². The molecule has 0 fully saturated rings. The highest BCUT2D eigenvalue weighted by Gasteiger charge is 2.15. The van der Waals surface area contributed by atoms with Crippen LogP contribution in [0.5, 0.6) is 0 Å². The van der Waals surface area contributed by atoms with E-state index >= 15 is 0 Å². The summed E-state index contributed by atoms with van der Waals surface area (Å²) in [5.41, 5.74) is 3.08. The number of rotatable bonds is 7. The number of nitrogens with one attached hydrogen (secondary N) is 1. The van der Waals surface area contributed by atoms with Gasteiger partial charge in [0.15, 0.2) is 0 Å². The van der Waals surface area contributed by atoms with Gasteiger partial charge in [0.05, 0.1) is 10.6 Å². The summed E-state index contributed by atoms with van der Waals surface area (Å²) >= 11 is 1.59. The lowest BCUT2D eigenvalue weighted by molar-refractivity contribution is 0.581. The summed E-state index contributed by atoms with van der Waals surface area (Å²) in [4.78, 5) is 9.99. The first kappa shape index (κ1) is 18.7. The molecule has 0 aliphatic carbocycles. The highest BCUT2D eigenvalue weighted by Crippen LogP contribution is 2.27. The molecule has 0 aliphatic rings. The quantitative estimate of drug-likeness (QED) is 0.672. The molecule has 0 amide bonds. The van der Waals surface area contributed by atoms with Gasteiger partial charge in [-0.05, 0) is 49.6 Å². The molecule has 0 spiro atoms. The molecule has 2 aromatic heterocycles. The third-order valence-corrected chi connectivity index (χ3v) is 6.85. The Bertz CT molecular complexity index is 966. The minimum absolute atomic E-state index is 0.299. The lowest BCUT2D eigenvalue weighted by atomic mass is 10.2. The Hall–Kier alpha value is -2.09. The Kier molecular flexibility index (Phi) is 5.80. The van der Waals surface area contributed by atoms with E-state index in [1.807, 2.05) is 38.1 Å². The van der Waals surface area contributed by atoms with Crippen molar-refractivity contribution in [2.75, 3.05) is 6.54 Å². The number of thiazole rings is 1. The van der Waals surface area contributed by atoms with Gasteiger partial charge in [-0.3, -0.25) is 4.98 Å². The molecule has 7 heteroatoms. The molecule has 136 valence electrons. The topological polar surface area (TPSA) is 72.0 Å². The summed E-state index contributed by atoms with van der Waals surface area (Å²) < 4.78 is 27.5. The van der Waals surface area contributed by atoms with Crippen LogP contribution in [0.4, 0.5) is 0 Å². The molecule has 0 unspecified atom stereocenters. The van der Waals surface area contributed by atoms with Crippen LogP contribution in [0.25, 0.3) is 10.6 Å². The number of hydrogen-bond donors (Lipinski definition) is 1. The SMILES string of the molecule is CCc1ccc(S(=O)(=O)NCCc2sc(-c3ccncc3)nc2C)cc1. The van der Waals surface area contributed by atoms with E-state index in [9.17, 15) is 8.42 Å². The molecule has 26 heavy (non-hydrogen) atoms. The van der Waals surface area contributed by atoms with Gasteiger partial charge in [0.25, 0.3) is 0 Å². The predicted molar refractivity (Wildman–Crippen MR) is 105 cm³/mol. The third-order valence-electron chi connectivity index (χ3n) is 4.11. The van der Waals surface area contributed by atoms with E-state index in [1.54, 1.807) is 35.9 Å². The number of hydrogen-bond acceptors (Lipinski definition) is 5. The summed E-state index contributed by atoms with van der Waals surface area (Å²) in [6, 6.07) is 10.8. The van der Waals surface area contributed by atoms with E-state index < -0.39 is 10.0 Å². The molecule has 2 heterocycles. The molecule has 1 N–H and O–H groups in total. The molecule has 3 rings (SSSR count). The smallest absolute Gasteiger partial charge is 0.240 e. The largest absolute Gasteiger partial charge is 0.265 e. The van der Waals surface area contributed by atoms with Gasteiger partial charge < -0.3 is 0 Å². The molecule has 0 saturated heterocycles. The fraction of sp³-hybridized carbons (Fsp3) is 0.263. The predicted octanol–water partition coefficient (Wildman–Crippen LogP) is 3.60. The highest BCUT2D eigenvalue weighted by atomic mass is 32.2. The van der Waals surface area contributed by atoms with E-state index in [1.165, 1.54) is 0 Å². The van der Waals surface area contributed by atoms with Crippen LogP contribution in [0, 0.1) is 6.92 Å². The van der Waals surface area contributed by atoms with Crippen LogP contribution in [0.3, 0.4) is 0 Å². The van der Waals surface area contributed by atoms with Crippen molar-refractivity contribution in [2.24, 2.45) is 0 Å². The molecule has 3 aromatic rings. The number of sulfonamides is 1. The van der Waals surface area contributed by atoms with Crippen molar-refractivity contribution in [3.63, 3.8) is 0 Å². The van der Waals surface area contributed by atoms with E-state index in [4.69, 9.17) is 0 Å². The second-order valence-corrected chi connectivity index (χ2v) is 8.76. The Morgan fingerprint density at radius 2 is 1.77 bits per heavy atom. The minimum atomic E-state index is -3.49. The molecular weight excluding hydrogens is 366 g/mol. The van der Waals surface area contributed by atoms with Crippen LogP contribution in [0.15, 0.2) is 53.7 Å². The Morgan fingerprint density at radius 1 is 1.08 bits per heavy atom. The van der Waals surface area contributed by atoms with Crippen molar-refractivity contribution in [1.82, 2.24) is 14.7 Å². The van der Waals surface area contributed by atoms with E-state index in [2.05, 4.69) is 14.7 Å². The molecule has 5 nitrogen and oxygen atoms in total. The van der Waals surface area contributed by atoms with Crippen LogP contribution in [-0.4, -0.2) is 24.9 Å². The summed E-state index contributed by atoms with van der Waals surface area (Å²) in [6.45, 7) is 4.34. The summed E-state index contributed by atoms with van der Waals surface area (Å²) in [5, 5.41) is 0.929. The Morgan fingerprint density at radius 3 is 2.42 bits per heavy atom. The van der Waals surface area contributed by atoms with Crippen LogP contribution in [0.1, 0.15) is 23.1 Å². The zero-order valence-electron chi connectivity index (χ0n) is 14.8. The molecule has 1 aromatic carbocycles. The number of nitrogens with zero attached hydrogens (tertiary/aromatic N) is 2. The first-order valence-corrected chi connectivity index (χ1v) is 10.7. The minimum Gasteiger partial charge on any atom is -0.265 e. The van der Waals surface area contributed by atoms with Crippen molar-refractivity contribution < 1.29 is 8.42 Å². The van der Waals surface area contributed by atoms with Crippen LogP contribution < -0.4 is 4.72 Å². The molecule has 0 aliphatic heterocycles. The zero-order valence-corrected chi connectivity index (χ0v) is 16.4. The normalized spacial score (nSPS) is 11.6. The summed E-state index contributed by atoms with van der Waals surface area (Å²) in [6.07, 6.45) is 4.98. The van der Waals surface area contributed by atoms with Gasteiger partial charge >= 0.3 is 0 Å². The molecule has 0 bridgehead atoms. The Labute approximate surface area is 158 Å². The van der Waals surface area contributed by atoms with E-state index in [-0.39, 0.29) is 0 Å². The second kappa shape index (κ2) is 8.07. The van der Waals surface area contributed by atoms with Crippen LogP contribution in [0.2, 0.25) is 0 Å². The van der Waals surface area contributed by atoms with Crippen molar-refractivity contribution in [1.29, 1.82) is 0 Å². The number of aryl methyl sites for hydroxylation is 2.